The molecule has 0 aliphatic carbocycles. The van der Waals surface area contributed by atoms with Gasteiger partial charge in [-0.25, -0.2) is 0 Å². The predicted octanol–water partition coefficient (Wildman–Crippen LogP) is 1.81. The summed E-state index contributed by atoms with van der Waals surface area (Å²) in [5, 5.41) is 13.8. The summed E-state index contributed by atoms with van der Waals surface area (Å²) in [4.78, 5) is 36.7. The molecule has 0 spiro atoms. The standard InChI is InChI=1S/C18H17N5O4/c1-10-21-17(22-27-10)13-5-4-11(8-19-13)14-3-2-6-23(14)18(26)12-9-20-16(25)7-15(12)24/h4-5,7-9,14H,2-3,6H2,1H3,(H2,20,24,25)/t14-/m1/s1. The molecule has 1 aliphatic rings. The number of aromatic amines is 1. The molecule has 1 amide bonds. The molecular weight excluding hydrogens is 350 g/mol. The van der Waals surface area contributed by atoms with E-state index in [1.807, 2.05) is 6.07 Å². The van der Waals surface area contributed by atoms with Crippen LogP contribution in [0.25, 0.3) is 11.5 Å². The predicted molar refractivity (Wildman–Crippen MR) is 94.0 cm³/mol. The number of hydrogen-bond donors (Lipinski definition) is 2. The molecule has 3 aromatic rings. The van der Waals surface area contributed by atoms with Crippen molar-refractivity contribution in [2.45, 2.75) is 25.8 Å². The average Bonchev–Trinajstić information content (AvgIpc) is 3.30. The van der Waals surface area contributed by atoms with Crippen molar-refractivity contribution < 1.29 is 14.4 Å². The van der Waals surface area contributed by atoms with Crippen LogP contribution in [0.4, 0.5) is 0 Å². The van der Waals surface area contributed by atoms with Gasteiger partial charge in [0.1, 0.15) is 11.4 Å². The van der Waals surface area contributed by atoms with E-state index in [2.05, 4.69) is 20.1 Å². The van der Waals surface area contributed by atoms with Crippen LogP contribution in [0, 0.1) is 6.92 Å². The van der Waals surface area contributed by atoms with Crippen LogP contribution < -0.4 is 5.56 Å². The van der Waals surface area contributed by atoms with Crippen LogP contribution in [0.1, 0.15) is 40.7 Å². The Morgan fingerprint density at radius 2 is 2.26 bits per heavy atom. The van der Waals surface area contributed by atoms with Gasteiger partial charge in [-0.2, -0.15) is 4.98 Å². The van der Waals surface area contributed by atoms with Crippen LogP contribution in [0.3, 0.4) is 0 Å². The molecule has 1 atom stereocenters. The van der Waals surface area contributed by atoms with E-state index in [4.69, 9.17) is 4.52 Å². The zero-order chi connectivity index (χ0) is 19.0. The van der Waals surface area contributed by atoms with Gasteiger partial charge in [-0.15, -0.1) is 0 Å². The topological polar surface area (TPSA) is 125 Å². The van der Waals surface area contributed by atoms with Gasteiger partial charge in [0.25, 0.3) is 11.5 Å². The molecule has 1 fully saturated rings. The van der Waals surface area contributed by atoms with Gasteiger partial charge in [0.2, 0.25) is 11.7 Å². The Bertz CT molecular complexity index is 1040. The first kappa shape index (κ1) is 17.0. The normalized spacial score (nSPS) is 16.6. The lowest BCUT2D eigenvalue weighted by atomic mass is 10.1. The van der Waals surface area contributed by atoms with Gasteiger partial charge < -0.3 is 19.5 Å². The van der Waals surface area contributed by atoms with E-state index in [1.165, 1.54) is 6.20 Å². The van der Waals surface area contributed by atoms with Gasteiger partial charge >= 0.3 is 0 Å². The summed E-state index contributed by atoms with van der Waals surface area (Å²) in [5.41, 5.74) is 1.09. The molecule has 1 saturated heterocycles. The van der Waals surface area contributed by atoms with Crippen molar-refractivity contribution in [2.75, 3.05) is 6.54 Å². The first-order chi connectivity index (χ1) is 13.0. The Kier molecular flexibility index (Phi) is 4.19. The maximum absolute atomic E-state index is 12.8. The van der Waals surface area contributed by atoms with Crippen LogP contribution in [-0.2, 0) is 0 Å². The molecule has 3 aromatic heterocycles. The fourth-order valence-corrected chi connectivity index (χ4v) is 3.28. The molecule has 1 aliphatic heterocycles. The molecule has 9 heteroatoms. The number of rotatable bonds is 3. The zero-order valence-corrected chi connectivity index (χ0v) is 14.5. The molecule has 0 saturated carbocycles. The summed E-state index contributed by atoms with van der Waals surface area (Å²) in [6.07, 6.45) is 4.57. The molecule has 4 rings (SSSR count). The monoisotopic (exact) mass is 367 g/mol. The van der Waals surface area contributed by atoms with Crippen molar-refractivity contribution >= 4 is 5.91 Å². The van der Waals surface area contributed by atoms with Gasteiger partial charge in [0.05, 0.1) is 11.6 Å². The smallest absolute Gasteiger partial charge is 0.259 e. The Hall–Kier alpha value is -3.49. The molecule has 27 heavy (non-hydrogen) atoms. The summed E-state index contributed by atoms with van der Waals surface area (Å²) in [7, 11) is 0. The summed E-state index contributed by atoms with van der Waals surface area (Å²) in [5.74, 6) is 0.222. The number of likely N-dealkylation sites (tertiary alicyclic amines) is 1. The van der Waals surface area contributed by atoms with E-state index in [9.17, 15) is 14.7 Å². The highest BCUT2D eigenvalue weighted by Gasteiger charge is 2.32. The number of amides is 1. The highest BCUT2D eigenvalue weighted by molar-refractivity contribution is 5.96. The fourth-order valence-electron chi connectivity index (χ4n) is 3.28. The van der Waals surface area contributed by atoms with E-state index in [1.54, 1.807) is 24.1 Å². The maximum atomic E-state index is 12.8. The Morgan fingerprint density at radius 3 is 2.93 bits per heavy atom. The average molecular weight is 367 g/mol. The molecule has 0 aromatic carbocycles. The number of pyridine rings is 2. The second-order valence-corrected chi connectivity index (χ2v) is 6.37. The van der Waals surface area contributed by atoms with Gasteiger partial charge in [-0.05, 0) is 24.5 Å². The van der Waals surface area contributed by atoms with Gasteiger partial charge in [-0.1, -0.05) is 11.2 Å². The van der Waals surface area contributed by atoms with Crippen LogP contribution in [0.2, 0.25) is 0 Å². The second kappa shape index (κ2) is 6.67. The highest BCUT2D eigenvalue weighted by Crippen LogP contribution is 2.34. The fraction of sp³-hybridized carbons (Fsp3) is 0.278. The number of aryl methyl sites for hydroxylation is 1. The third-order valence-corrected chi connectivity index (χ3v) is 4.57. The van der Waals surface area contributed by atoms with E-state index in [0.29, 0.717) is 24.0 Å². The first-order valence-electron chi connectivity index (χ1n) is 8.52. The number of aromatic nitrogens is 4. The quantitative estimate of drug-likeness (QED) is 0.723. The van der Waals surface area contributed by atoms with Crippen molar-refractivity contribution in [3.63, 3.8) is 0 Å². The Morgan fingerprint density at radius 1 is 1.41 bits per heavy atom. The minimum atomic E-state index is -0.460. The van der Waals surface area contributed by atoms with E-state index in [0.717, 1.165) is 24.5 Å². The SMILES string of the molecule is Cc1nc(-c2ccc([C@H]3CCCN3C(=O)c3c[nH]c(=O)cc3O)cn2)no1. The minimum Gasteiger partial charge on any atom is -0.507 e. The van der Waals surface area contributed by atoms with Crippen LogP contribution in [0.15, 0.2) is 39.9 Å². The van der Waals surface area contributed by atoms with Crippen molar-refractivity contribution in [1.29, 1.82) is 0 Å². The third-order valence-electron chi connectivity index (χ3n) is 4.57. The van der Waals surface area contributed by atoms with E-state index < -0.39 is 5.56 Å². The van der Waals surface area contributed by atoms with E-state index in [-0.39, 0.29) is 23.3 Å². The van der Waals surface area contributed by atoms with Crippen molar-refractivity contribution in [3.8, 4) is 17.3 Å². The summed E-state index contributed by atoms with van der Waals surface area (Å²) in [6.45, 7) is 2.27. The Labute approximate surface area is 153 Å². The molecule has 138 valence electrons. The number of nitrogens with zero attached hydrogens (tertiary/aromatic N) is 4. The molecule has 2 N–H and O–H groups in total. The number of carbonyl (C=O) groups is 1. The number of aromatic hydroxyl groups is 1. The lowest BCUT2D eigenvalue weighted by Crippen LogP contribution is -2.31. The van der Waals surface area contributed by atoms with Gasteiger partial charge in [0.15, 0.2) is 0 Å². The van der Waals surface area contributed by atoms with Crippen LogP contribution in [-0.4, -0.2) is 42.6 Å². The number of H-pyrrole nitrogens is 1. The highest BCUT2D eigenvalue weighted by atomic mass is 16.5. The third kappa shape index (κ3) is 3.19. The largest absolute Gasteiger partial charge is 0.507 e. The van der Waals surface area contributed by atoms with Crippen LogP contribution in [0.5, 0.6) is 5.75 Å². The first-order valence-corrected chi connectivity index (χ1v) is 8.52. The Balaban J connectivity index is 1.59. The number of carbonyl (C=O) groups excluding carboxylic acids is 1. The molecule has 0 unspecified atom stereocenters. The second-order valence-electron chi connectivity index (χ2n) is 6.37. The van der Waals surface area contributed by atoms with Crippen LogP contribution >= 0.6 is 0 Å². The lowest BCUT2D eigenvalue weighted by molar-refractivity contribution is 0.0732. The van der Waals surface area contributed by atoms with Crippen molar-refractivity contribution in [1.82, 2.24) is 25.0 Å². The number of hydrogen-bond acceptors (Lipinski definition) is 7. The zero-order valence-electron chi connectivity index (χ0n) is 14.5. The molecule has 0 bridgehead atoms. The van der Waals surface area contributed by atoms with Gasteiger partial charge in [-0.3, -0.25) is 14.6 Å². The minimum absolute atomic E-state index is 0.0772. The van der Waals surface area contributed by atoms with Crippen molar-refractivity contribution in [3.05, 3.63) is 58.0 Å². The summed E-state index contributed by atoms with van der Waals surface area (Å²) < 4.78 is 4.96. The summed E-state index contributed by atoms with van der Waals surface area (Å²) >= 11 is 0. The molecule has 9 nitrogen and oxygen atoms in total. The lowest BCUT2D eigenvalue weighted by Gasteiger charge is -2.25. The number of nitrogens with one attached hydrogen (secondary N) is 1. The van der Waals surface area contributed by atoms with Gasteiger partial charge in [0, 0.05) is 31.9 Å². The maximum Gasteiger partial charge on any atom is 0.259 e. The van der Waals surface area contributed by atoms with E-state index >= 15 is 0 Å². The molecule has 4 heterocycles. The molecular formula is C18H17N5O4. The van der Waals surface area contributed by atoms with Crippen molar-refractivity contribution in [2.24, 2.45) is 0 Å². The summed E-state index contributed by atoms with van der Waals surface area (Å²) in [6, 6.07) is 4.52. The molecule has 0 radical (unpaired) electrons.